The van der Waals surface area contributed by atoms with Crippen LogP contribution in [-0.2, 0) is 13.5 Å². The number of rotatable bonds is 2. The fourth-order valence-corrected chi connectivity index (χ4v) is 4.10. The largest absolute Gasteiger partial charge is 0.396 e. The Hall–Kier alpha value is -1.48. The standard InChI is InChI=1S/C16H20N2O/c1-17-15-12(7-10-19)3-2-4-13(15)14-11-5-8-18(9-6-11)16(14)17/h2-4,11,19H,5-10H2,1H3. The Balaban J connectivity index is 2.05. The highest BCUT2D eigenvalue weighted by molar-refractivity contribution is 5.93. The van der Waals surface area contributed by atoms with E-state index in [-0.39, 0.29) is 6.61 Å². The minimum absolute atomic E-state index is 0.224. The lowest BCUT2D eigenvalue weighted by Gasteiger charge is -2.41. The highest BCUT2D eigenvalue weighted by Gasteiger charge is 2.35. The molecule has 1 fully saturated rings. The van der Waals surface area contributed by atoms with Crippen LogP contribution < -0.4 is 4.90 Å². The van der Waals surface area contributed by atoms with Gasteiger partial charge in [0, 0.05) is 37.7 Å². The maximum absolute atomic E-state index is 9.27. The molecule has 0 radical (unpaired) electrons. The van der Waals surface area contributed by atoms with Crippen LogP contribution in [0.4, 0.5) is 5.82 Å². The van der Waals surface area contributed by atoms with Crippen LogP contribution in [0.3, 0.4) is 0 Å². The second-order valence-electron chi connectivity index (χ2n) is 5.84. The zero-order valence-electron chi connectivity index (χ0n) is 11.4. The van der Waals surface area contributed by atoms with E-state index in [1.165, 1.54) is 48.2 Å². The maximum atomic E-state index is 9.27. The van der Waals surface area contributed by atoms with Crippen molar-refractivity contribution in [3.8, 4) is 0 Å². The van der Waals surface area contributed by atoms with Crippen molar-refractivity contribution in [1.29, 1.82) is 0 Å². The topological polar surface area (TPSA) is 28.4 Å². The summed E-state index contributed by atoms with van der Waals surface area (Å²) in [6.07, 6.45) is 3.35. The molecule has 1 aromatic heterocycles. The van der Waals surface area contributed by atoms with Crippen molar-refractivity contribution in [3.05, 3.63) is 29.3 Å². The Morgan fingerprint density at radius 1 is 1.26 bits per heavy atom. The molecule has 0 saturated carbocycles. The fourth-order valence-electron chi connectivity index (χ4n) is 4.10. The molecule has 3 heteroatoms. The van der Waals surface area contributed by atoms with Gasteiger partial charge in [0.1, 0.15) is 5.82 Å². The summed E-state index contributed by atoms with van der Waals surface area (Å²) in [7, 11) is 2.18. The van der Waals surface area contributed by atoms with Crippen molar-refractivity contribution in [2.75, 3.05) is 24.6 Å². The van der Waals surface area contributed by atoms with Gasteiger partial charge in [-0.05, 0) is 30.7 Å². The van der Waals surface area contributed by atoms with Crippen molar-refractivity contribution in [2.24, 2.45) is 7.05 Å². The molecule has 3 aliphatic heterocycles. The fraction of sp³-hybridized carbons (Fsp3) is 0.500. The van der Waals surface area contributed by atoms with E-state index in [0.29, 0.717) is 0 Å². The number of aromatic nitrogens is 1. The molecular formula is C16H20N2O. The first kappa shape index (κ1) is 11.4. The van der Waals surface area contributed by atoms with Crippen molar-refractivity contribution in [1.82, 2.24) is 4.57 Å². The summed E-state index contributed by atoms with van der Waals surface area (Å²) in [6.45, 7) is 2.64. The van der Waals surface area contributed by atoms with Crippen molar-refractivity contribution in [2.45, 2.75) is 25.2 Å². The second-order valence-corrected chi connectivity index (χ2v) is 5.84. The number of para-hydroxylation sites is 1. The normalized spacial score (nSPS) is 18.3. The number of hydrogen-bond donors (Lipinski definition) is 1. The van der Waals surface area contributed by atoms with Gasteiger partial charge in [0.25, 0.3) is 0 Å². The molecule has 4 heterocycles. The number of nitrogens with zero attached hydrogens (tertiary/aromatic N) is 2. The minimum Gasteiger partial charge on any atom is -0.396 e. The molecule has 1 N–H and O–H groups in total. The molecule has 0 unspecified atom stereocenters. The van der Waals surface area contributed by atoms with Crippen LogP contribution in [0.25, 0.3) is 10.9 Å². The van der Waals surface area contributed by atoms with E-state index in [4.69, 9.17) is 0 Å². The molecule has 0 aliphatic carbocycles. The van der Waals surface area contributed by atoms with Crippen LogP contribution in [0, 0.1) is 0 Å². The van der Waals surface area contributed by atoms with Gasteiger partial charge in [-0.15, -0.1) is 0 Å². The molecule has 100 valence electrons. The van der Waals surface area contributed by atoms with Gasteiger partial charge in [-0.3, -0.25) is 0 Å². The van der Waals surface area contributed by atoms with Crippen molar-refractivity contribution >= 4 is 16.7 Å². The number of aryl methyl sites for hydroxylation is 1. The van der Waals surface area contributed by atoms with Crippen LogP contribution in [0.1, 0.15) is 29.9 Å². The van der Waals surface area contributed by atoms with Gasteiger partial charge >= 0.3 is 0 Å². The predicted octanol–water partition coefficient (Wildman–Crippen LogP) is 2.41. The molecule has 3 aliphatic rings. The van der Waals surface area contributed by atoms with Gasteiger partial charge in [0.2, 0.25) is 0 Å². The second kappa shape index (κ2) is 4.01. The summed E-state index contributed by atoms with van der Waals surface area (Å²) in [5.74, 6) is 2.18. The Bertz CT molecular complexity index is 636. The number of fused-ring (bicyclic) bond motifs is 3. The number of aliphatic hydroxyl groups is 1. The summed E-state index contributed by atoms with van der Waals surface area (Å²) < 4.78 is 2.36. The smallest absolute Gasteiger partial charge is 0.112 e. The van der Waals surface area contributed by atoms with Crippen molar-refractivity contribution < 1.29 is 5.11 Å². The lowest BCUT2D eigenvalue weighted by molar-refractivity contribution is 0.300. The predicted molar refractivity (Wildman–Crippen MR) is 77.9 cm³/mol. The quantitative estimate of drug-likeness (QED) is 0.894. The molecule has 0 amide bonds. The number of hydrogen-bond acceptors (Lipinski definition) is 2. The Morgan fingerprint density at radius 2 is 2.05 bits per heavy atom. The van der Waals surface area contributed by atoms with Crippen LogP contribution in [0.5, 0.6) is 0 Å². The Morgan fingerprint density at radius 3 is 2.79 bits per heavy atom. The molecule has 1 saturated heterocycles. The highest BCUT2D eigenvalue weighted by atomic mass is 16.2. The van der Waals surface area contributed by atoms with Gasteiger partial charge in [-0.1, -0.05) is 18.2 Å². The average molecular weight is 256 g/mol. The third-order valence-electron chi connectivity index (χ3n) is 4.89. The zero-order chi connectivity index (χ0) is 13.0. The van der Waals surface area contributed by atoms with E-state index < -0.39 is 0 Å². The van der Waals surface area contributed by atoms with Crippen LogP contribution in [0.15, 0.2) is 18.2 Å². The molecule has 2 bridgehead atoms. The summed E-state index contributed by atoms with van der Waals surface area (Å²) >= 11 is 0. The van der Waals surface area contributed by atoms with Gasteiger partial charge < -0.3 is 14.6 Å². The van der Waals surface area contributed by atoms with E-state index in [1.54, 1.807) is 5.56 Å². The van der Waals surface area contributed by atoms with E-state index in [9.17, 15) is 5.11 Å². The summed E-state index contributed by atoms with van der Waals surface area (Å²) in [4.78, 5) is 2.54. The number of benzene rings is 1. The van der Waals surface area contributed by atoms with Gasteiger partial charge in [-0.2, -0.15) is 0 Å². The summed E-state index contributed by atoms with van der Waals surface area (Å²) in [5, 5.41) is 10.7. The summed E-state index contributed by atoms with van der Waals surface area (Å²) in [5.41, 5.74) is 4.17. The van der Waals surface area contributed by atoms with Crippen LogP contribution in [0.2, 0.25) is 0 Å². The first-order valence-corrected chi connectivity index (χ1v) is 7.27. The highest BCUT2D eigenvalue weighted by Crippen LogP contribution is 2.47. The van der Waals surface area contributed by atoms with Crippen LogP contribution in [-0.4, -0.2) is 29.4 Å². The van der Waals surface area contributed by atoms with E-state index in [1.807, 2.05) is 0 Å². The third-order valence-corrected chi connectivity index (χ3v) is 4.89. The molecule has 3 nitrogen and oxygen atoms in total. The molecular weight excluding hydrogens is 236 g/mol. The molecule has 0 spiro atoms. The number of aliphatic hydroxyl groups excluding tert-OH is 1. The lowest BCUT2D eigenvalue weighted by Crippen LogP contribution is -2.39. The number of anilines is 1. The van der Waals surface area contributed by atoms with Crippen LogP contribution >= 0.6 is 0 Å². The van der Waals surface area contributed by atoms with Gasteiger partial charge in [0.05, 0.1) is 5.52 Å². The Labute approximate surface area is 113 Å². The lowest BCUT2D eigenvalue weighted by atomic mass is 9.84. The molecule has 1 aromatic carbocycles. The molecule has 19 heavy (non-hydrogen) atoms. The number of piperidine rings is 1. The molecule has 0 atom stereocenters. The third kappa shape index (κ3) is 1.42. The van der Waals surface area contributed by atoms with Gasteiger partial charge in [-0.25, -0.2) is 0 Å². The maximum Gasteiger partial charge on any atom is 0.112 e. The van der Waals surface area contributed by atoms with E-state index in [0.717, 1.165) is 12.3 Å². The van der Waals surface area contributed by atoms with E-state index in [2.05, 4.69) is 34.7 Å². The molecule has 5 rings (SSSR count). The Kier molecular flexibility index (Phi) is 2.39. The monoisotopic (exact) mass is 256 g/mol. The van der Waals surface area contributed by atoms with Crippen molar-refractivity contribution in [3.63, 3.8) is 0 Å². The first-order valence-electron chi connectivity index (χ1n) is 7.27. The van der Waals surface area contributed by atoms with E-state index >= 15 is 0 Å². The molecule has 2 aromatic rings. The first-order chi connectivity index (χ1) is 9.31. The zero-order valence-corrected chi connectivity index (χ0v) is 11.4. The minimum atomic E-state index is 0.224. The summed E-state index contributed by atoms with van der Waals surface area (Å²) in [6, 6.07) is 6.56. The average Bonchev–Trinajstić information content (AvgIpc) is 2.78. The van der Waals surface area contributed by atoms with Gasteiger partial charge in [0.15, 0.2) is 0 Å². The SMILES string of the molecule is Cn1c2c(c3cccc(CCO)c31)C1CCN2CC1.